The number of carbonyl (C=O) groups excluding carboxylic acids is 1. The number of likely N-dealkylation sites (N-methyl/N-ethyl adjacent to an activating group) is 1. The monoisotopic (exact) mass is 290 g/mol. The van der Waals surface area contributed by atoms with Crippen molar-refractivity contribution in [3.05, 3.63) is 29.6 Å². The van der Waals surface area contributed by atoms with E-state index < -0.39 is 5.82 Å². The van der Waals surface area contributed by atoms with E-state index in [1.54, 1.807) is 6.07 Å². The number of amides is 1. The van der Waals surface area contributed by atoms with Gasteiger partial charge in [0.05, 0.1) is 13.5 Å². The fourth-order valence-corrected chi connectivity index (χ4v) is 1.53. The lowest BCUT2D eigenvalue weighted by molar-refractivity contribution is -0.120. The van der Waals surface area contributed by atoms with Crippen molar-refractivity contribution in [1.82, 2.24) is 10.6 Å². The van der Waals surface area contributed by atoms with Gasteiger partial charge in [-0.3, -0.25) is 4.79 Å². The second kappa shape index (κ2) is 9.58. The van der Waals surface area contributed by atoms with Crippen LogP contribution >= 0.6 is 12.4 Å². The van der Waals surface area contributed by atoms with E-state index in [0.29, 0.717) is 12.1 Å². The minimum atomic E-state index is -0.449. The van der Waals surface area contributed by atoms with E-state index in [9.17, 15) is 9.18 Å². The minimum absolute atomic E-state index is 0. The first-order chi connectivity index (χ1) is 8.67. The number of nitrogens with one attached hydrogen (secondary N) is 2. The Hall–Kier alpha value is -1.33. The van der Waals surface area contributed by atoms with Crippen LogP contribution in [0.15, 0.2) is 18.2 Å². The Morgan fingerprint density at radius 3 is 2.68 bits per heavy atom. The molecule has 0 aliphatic rings. The summed E-state index contributed by atoms with van der Waals surface area (Å²) in [6, 6.07) is 4.53. The molecule has 0 saturated carbocycles. The van der Waals surface area contributed by atoms with E-state index in [4.69, 9.17) is 4.74 Å². The zero-order chi connectivity index (χ0) is 13.4. The molecule has 6 heteroatoms. The molecule has 1 aromatic rings. The van der Waals surface area contributed by atoms with Crippen molar-refractivity contribution in [3.8, 4) is 5.75 Å². The molecule has 0 spiro atoms. The number of benzene rings is 1. The van der Waals surface area contributed by atoms with Crippen LogP contribution in [0.5, 0.6) is 5.75 Å². The summed E-state index contributed by atoms with van der Waals surface area (Å²) in [6.07, 6.45) is 0.174. The van der Waals surface area contributed by atoms with Crippen molar-refractivity contribution in [3.63, 3.8) is 0 Å². The van der Waals surface area contributed by atoms with E-state index in [2.05, 4.69) is 10.6 Å². The van der Waals surface area contributed by atoms with Gasteiger partial charge in [0, 0.05) is 13.1 Å². The summed E-state index contributed by atoms with van der Waals surface area (Å²) in [7, 11) is 1.41. The van der Waals surface area contributed by atoms with Gasteiger partial charge in [-0.2, -0.15) is 0 Å². The third-order valence-electron chi connectivity index (χ3n) is 2.45. The van der Waals surface area contributed by atoms with Gasteiger partial charge in [0.1, 0.15) is 0 Å². The van der Waals surface area contributed by atoms with Gasteiger partial charge in [-0.05, 0) is 24.2 Å². The standard InChI is InChI=1S/C13H19FN2O2.ClH/c1-3-15-6-7-16-13(17)9-10-4-5-12(18-2)11(14)8-10;/h4-5,8,15H,3,6-7,9H2,1-2H3,(H,16,17);1H. The van der Waals surface area contributed by atoms with Crippen molar-refractivity contribution in [2.24, 2.45) is 0 Å². The molecule has 0 aromatic heterocycles. The lowest BCUT2D eigenvalue weighted by atomic mass is 10.1. The smallest absolute Gasteiger partial charge is 0.224 e. The lowest BCUT2D eigenvalue weighted by Gasteiger charge is -2.07. The number of hydrogen-bond donors (Lipinski definition) is 2. The second-order valence-corrected chi connectivity index (χ2v) is 3.85. The summed E-state index contributed by atoms with van der Waals surface area (Å²) < 4.78 is 18.2. The van der Waals surface area contributed by atoms with E-state index >= 15 is 0 Å². The number of halogens is 2. The first kappa shape index (κ1) is 17.7. The summed E-state index contributed by atoms with van der Waals surface area (Å²) in [5.74, 6) is -0.376. The molecule has 0 fully saturated rings. The van der Waals surface area contributed by atoms with Crippen LogP contribution in [0.2, 0.25) is 0 Å². The topological polar surface area (TPSA) is 50.4 Å². The van der Waals surface area contributed by atoms with Gasteiger partial charge in [-0.25, -0.2) is 4.39 Å². The first-order valence-electron chi connectivity index (χ1n) is 5.97. The summed E-state index contributed by atoms with van der Waals surface area (Å²) in [6.45, 7) is 4.19. The maximum atomic E-state index is 13.4. The molecule has 0 unspecified atom stereocenters. The quantitative estimate of drug-likeness (QED) is 0.749. The zero-order valence-electron chi connectivity index (χ0n) is 11.2. The zero-order valence-corrected chi connectivity index (χ0v) is 12.0. The Bertz CT molecular complexity index is 402. The average Bonchev–Trinajstić information content (AvgIpc) is 2.35. The highest BCUT2D eigenvalue weighted by Gasteiger charge is 2.07. The van der Waals surface area contributed by atoms with Crippen molar-refractivity contribution in [2.75, 3.05) is 26.7 Å². The predicted molar refractivity (Wildman–Crippen MR) is 75.5 cm³/mol. The molecule has 0 bridgehead atoms. The van der Waals surface area contributed by atoms with Gasteiger partial charge >= 0.3 is 0 Å². The molecule has 4 nitrogen and oxygen atoms in total. The number of rotatable bonds is 7. The van der Waals surface area contributed by atoms with E-state index in [0.717, 1.165) is 13.1 Å². The number of methoxy groups -OCH3 is 1. The van der Waals surface area contributed by atoms with Crippen LogP contribution in [0.4, 0.5) is 4.39 Å². The van der Waals surface area contributed by atoms with Crippen LogP contribution in [0.1, 0.15) is 12.5 Å². The Labute approximate surface area is 119 Å². The van der Waals surface area contributed by atoms with Gasteiger partial charge in [0.25, 0.3) is 0 Å². The van der Waals surface area contributed by atoms with Crippen molar-refractivity contribution >= 4 is 18.3 Å². The van der Waals surface area contributed by atoms with E-state index in [1.807, 2.05) is 6.92 Å². The molecule has 0 saturated heterocycles. The molecule has 19 heavy (non-hydrogen) atoms. The van der Waals surface area contributed by atoms with Gasteiger partial charge in [-0.15, -0.1) is 12.4 Å². The fourth-order valence-electron chi connectivity index (χ4n) is 1.53. The molecule has 0 atom stereocenters. The highest BCUT2D eigenvalue weighted by Crippen LogP contribution is 2.17. The maximum Gasteiger partial charge on any atom is 0.224 e. The largest absolute Gasteiger partial charge is 0.494 e. The summed E-state index contributed by atoms with van der Waals surface area (Å²) in [4.78, 5) is 11.5. The SMILES string of the molecule is CCNCCNC(=O)Cc1ccc(OC)c(F)c1.Cl. The average molecular weight is 291 g/mol. The molecule has 1 amide bonds. The number of ether oxygens (including phenoxy) is 1. The molecule has 108 valence electrons. The third kappa shape index (κ3) is 6.40. The van der Waals surface area contributed by atoms with E-state index in [-0.39, 0.29) is 30.5 Å². The van der Waals surface area contributed by atoms with Crippen LogP contribution in [-0.4, -0.2) is 32.7 Å². The molecule has 2 N–H and O–H groups in total. The number of carbonyl (C=O) groups is 1. The van der Waals surface area contributed by atoms with Crippen LogP contribution < -0.4 is 15.4 Å². The normalized spacial score (nSPS) is 9.63. The number of hydrogen-bond acceptors (Lipinski definition) is 3. The van der Waals surface area contributed by atoms with Gasteiger partial charge < -0.3 is 15.4 Å². The summed E-state index contributed by atoms with van der Waals surface area (Å²) in [5.41, 5.74) is 0.634. The van der Waals surface area contributed by atoms with Crippen molar-refractivity contribution in [1.29, 1.82) is 0 Å². The highest BCUT2D eigenvalue weighted by molar-refractivity contribution is 5.85. The van der Waals surface area contributed by atoms with E-state index in [1.165, 1.54) is 19.2 Å². The molecule has 0 aliphatic carbocycles. The summed E-state index contributed by atoms with van der Waals surface area (Å²) in [5, 5.41) is 5.86. The molecule has 0 aliphatic heterocycles. The second-order valence-electron chi connectivity index (χ2n) is 3.85. The van der Waals surface area contributed by atoms with Gasteiger partial charge in [-0.1, -0.05) is 13.0 Å². The molecular formula is C13H20ClFN2O2. The fraction of sp³-hybridized carbons (Fsp3) is 0.462. The van der Waals surface area contributed by atoms with Crippen LogP contribution in [0.3, 0.4) is 0 Å². The Kier molecular flexibility index (Phi) is 8.91. The molecule has 0 radical (unpaired) electrons. The predicted octanol–water partition coefficient (Wildman–Crippen LogP) is 1.52. The van der Waals surface area contributed by atoms with Crippen LogP contribution in [-0.2, 0) is 11.2 Å². The van der Waals surface area contributed by atoms with Crippen LogP contribution in [0, 0.1) is 5.82 Å². The summed E-state index contributed by atoms with van der Waals surface area (Å²) >= 11 is 0. The third-order valence-corrected chi connectivity index (χ3v) is 2.45. The highest BCUT2D eigenvalue weighted by atomic mass is 35.5. The Morgan fingerprint density at radius 2 is 2.11 bits per heavy atom. The lowest BCUT2D eigenvalue weighted by Crippen LogP contribution is -2.32. The van der Waals surface area contributed by atoms with Crippen molar-refractivity contribution in [2.45, 2.75) is 13.3 Å². The molecule has 0 heterocycles. The van der Waals surface area contributed by atoms with Crippen molar-refractivity contribution < 1.29 is 13.9 Å². The van der Waals surface area contributed by atoms with Gasteiger partial charge in [0.2, 0.25) is 5.91 Å². The minimum Gasteiger partial charge on any atom is -0.494 e. The maximum absolute atomic E-state index is 13.4. The first-order valence-corrected chi connectivity index (χ1v) is 5.97. The molecule has 1 rings (SSSR count). The van der Waals surface area contributed by atoms with Crippen LogP contribution in [0.25, 0.3) is 0 Å². The van der Waals surface area contributed by atoms with Gasteiger partial charge in [0.15, 0.2) is 11.6 Å². The molecular weight excluding hydrogens is 271 g/mol. The molecule has 1 aromatic carbocycles. The Balaban J connectivity index is 0.00000324. The Morgan fingerprint density at radius 1 is 1.37 bits per heavy atom.